The van der Waals surface area contributed by atoms with E-state index in [4.69, 9.17) is 27.9 Å². The molecule has 0 saturated heterocycles. The van der Waals surface area contributed by atoms with Crippen LogP contribution in [0.15, 0.2) is 42.5 Å². The molecular weight excluding hydrogens is 431 g/mol. The van der Waals surface area contributed by atoms with Crippen molar-refractivity contribution in [3.8, 4) is 5.75 Å². The number of aryl methyl sites for hydroxylation is 1. The normalized spacial score (nSPS) is 15.3. The number of anilines is 1. The molecule has 0 unspecified atom stereocenters. The van der Waals surface area contributed by atoms with Gasteiger partial charge in [-0.25, -0.2) is 4.79 Å². The van der Waals surface area contributed by atoms with Crippen LogP contribution in [0.1, 0.15) is 42.9 Å². The standard InChI is InChI=1S/C21H16Cl2N2O3S/c1-10-11(2)29-20-17(10)19(26)24-18(25-20)12-3-6-14(7-4-12)28-21(27)15-8-5-13(22)9-16(15)23/h3-9,18,25H,1-2H3,(H,24,26)/t18-/m1/s1. The highest BCUT2D eigenvalue weighted by Crippen LogP contribution is 2.37. The minimum absolute atomic E-state index is 0.0986. The Morgan fingerprint density at radius 3 is 2.48 bits per heavy atom. The van der Waals surface area contributed by atoms with Gasteiger partial charge in [-0.2, -0.15) is 0 Å². The van der Waals surface area contributed by atoms with Crippen LogP contribution in [0, 0.1) is 13.8 Å². The summed E-state index contributed by atoms with van der Waals surface area (Å²) in [5, 5.41) is 7.85. The summed E-state index contributed by atoms with van der Waals surface area (Å²) >= 11 is 13.5. The first-order valence-corrected chi connectivity index (χ1v) is 10.4. The molecule has 1 aromatic heterocycles. The van der Waals surface area contributed by atoms with Gasteiger partial charge in [0.15, 0.2) is 0 Å². The molecule has 1 aliphatic heterocycles. The van der Waals surface area contributed by atoms with Crippen molar-refractivity contribution >= 4 is 51.4 Å². The van der Waals surface area contributed by atoms with Gasteiger partial charge in [0.25, 0.3) is 5.91 Å². The average Bonchev–Trinajstić information content (AvgIpc) is 2.96. The lowest BCUT2D eigenvalue weighted by Gasteiger charge is -2.26. The Kier molecular flexibility index (Phi) is 5.25. The van der Waals surface area contributed by atoms with Gasteiger partial charge < -0.3 is 15.4 Å². The number of carbonyl (C=O) groups is 2. The summed E-state index contributed by atoms with van der Waals surface area (Å²) in [6.07, 6.45) is -0.358. The zero-order valence-corrected chi connectivity index (χ0v) is 17.8. The molecule has 1 atom stereocenters. The van der Waals surface area contributed by atoms with Crippen LogP contribution in [0.5, 0.6) is 5.75 Å². The predicted molar refractivity (Wildman–Crippen MR) is 115 cm³/mol. The number of hydrogen-bond acceptors (Lipinski definition) is 5. The number of nitrogens with one attached hydrogen (secondary N) is 2. The van der Waals surface area contributed by atoms with Crippen LogP contribution in [0.25, 0.3) is 0 Å². The van der Waals surface area contributed by atoms with E-state index in [1.807, 2.05) is 13.8 Å². The fourth-order valence-corrected chi connectivity index (χ4v) is 4.66. The summed E-state index contributed by atoms with van der Waals surface area (Å²) in [5.74, 6) is -0.299. The Hall–Kier alpha value is -2.54. The summed E-state index contributed by atoms with van der Waals surface area (Å²) in [7, 11) is 0. The maximum atomic E-state index is 12.5. The number of benzene rings is 2. The highest BCUT2D eigenvalue weighted by Gasteiger charge is 2.29. The Labute approximate surface area is 181 Å². The van der Waals surface area contributed by atoms with Gasteiger partial charge in [0, 0.05) is 9.90 Å². The summed E-state index contributed by atoms with van der Waals surface area (Å²) in [6.45, 7) is 3.95. The molecule has 2 heterocycles. The van der Waals surface area contributed by atoms with Crippen molar-refractivity contribution in [3.05, 3.63) is 79.6 Å². The molecule has 1 amide bonds. The highest BCUT2D eigenvalue weighted by atomic mass is 35.5. The molecule has 0 spiro atoms. The first kappa shape index (κ1) is 19.8. The third-order valence-corrected chi connectivity index (χ3v) is 6.42. The number of halogens is 2. The Morgan fingerprint density at radius 1 is 1.07 bits per heavy atom. The second-order valence-corrected chi connectivity index (χ2v) is 8.69. The number of esters is 1. The molecule has 0 aliphatic carbocycles. The Balaban J connectivity index is 1.50. The highest BCUT2D eigenvalue weighted by molar-refractivity contribution is 7.16. The number of rotatable bonds is 3. The fourth-order valence-electron chi connectivity index (χ4n) is 3.08. The Morgan fingerprint density at radius 2 is 1.79 bits per heavy atom. The van der Waals surface area contributed by atoms with Gasteiger partial charge >= 0.3 is 5.97 Å². The zero-order chi connectivity index (χ0) is 20.7. The lowest BCUT2D eigenvalue weighted by Crippen LogP contribution is -2.38. The summed E-state index contributed by atoms with van der Waals surface area (Å²) in [4.78, 5) is 25.9. The number of amides is 1. The van der Waals surface area contributed by atoms with E-state index in [-0.39, 0.29) is 22.7 Å². The Bertz CT molecular complexity index is 1130. The molecule has 4 rings (SSSR count). The number of hydrogen-bond donors (Lipinski definition) is 2. The molecule has 0 saturated carbocycles. The minimum atomic E-state index is -0.572. The number of carbonyl (C=O) groups excluding carboxylic acids is 2. The van der Waals surface area contributed by atoms with E-state index < -0.39 is 5.97 Å². The quantitative estimate of drug-likeness (QED) is 0.397. The van der Waals surface area contributed by atoms with Gasteiger partial charge in [0.2, 0.25) is 0 Å². The van der Waals surface area contributed by atoms with Crippen molar-refractivity contribution in [1.29, 1.82) is 0 Å². The molecule has 8 heteroatoms. The van der Waals surface area contributed by atoms with Gasteiger partial charge in [-0.1, -0.05) is 35.3 Å². The number of fused-ring (bicyclic) bond motifs is 1. The van der Waals surface area contributed by atoms with Crippen LogP contribution < -0.4 is 15.4 Å². The van der Waals surface area contributed by atoms with E-state index in [2.05, 4.69) is 10.6 Å². The van der Waals surface area contributed by atoms with E-state index in [1.165, 1.54) is 12.1 Å². The van der Waals surface area contributed by atoms with Crippen LogP contribution in [0.4, 0.5) is 5.00 Å². The molecule has 3 aromatic rings. The fraction of sp³-hybridized carbons (Fsp3) is 0.143. The zero-order valence-electron chi connectivity index (χ0n) is 15.5. The first-order chi connectivity index (χ1) is 13.8. The van der Waals surface area contributed by atoms with E-state index in [1.54, 1.807) is 41.7 Å². The molecule has 0 bridgehead atoms. The molecule has 5 nitrogen and oxygen atoms in total. The van der Waals surface area contributed by atoms with Gasteiger partial charge in [-0.3, -0.25) is 4.79 Å². The number of ether oxygens (including phenoxy) is 1. The average molecular weight is 447 g/mol. The van der Waals surface area contributed by atoms with Gasteiger partial charge in [0.1, 0.15) is 16.9 Å². The van der Waals surface area contributed by atoms with Gasteiger partial charge in [-0.15, -0.1) is 11.3 Å². The molecule has 0 radical (unpaired) electrons. The van der Waals surface area contributed by atoms with Gasteiger partial charge in [0.05, 0.1) is 16.1 Å². The molecule has 1 aliphatic rings. The lowest BCUT2D eigenvalue weighted by atomic mass is 10.1. The molecule has 2 aromatic carbocycles. The predicted octanol–water partition coefficient (Wildman–Crippen LogP) is 5.75. The topological polar surface area (TPSA) is 67.4 Å². The summed E-state index contributed by atoms with van der Waals surface area (Å²) < 4.78 is 5.39. The van der Waals surface area contributed by atoms with Gasteiger partial charge in [-0.05, 0) is 55.3 Å². The SMILES string of the molecule is Cc1sc2c(c1C)C(=O)N[C@@H](c1ccc(OC(=O)c3ccc(Cl)cc3Cl)cc1)N2. The van der Waals surface area contributed by atoms with E-state index in [0.29, 0.717) is 16.3 Å². The monoisotopic (exact) mass is 446 g/mol. The third kappa shape index (κ3) is 3.83. The van der Waals surface area contributed by atoms with Crippen LogP contribution in [-0.2, 0) is 0 Å². The van der Waals surface area contributed by atoms with Crippen molar-refractivity contribution in [2.45, 2.75) is 20.0 Å². The van der Waals surface area contributed by atoms with Crippen molar-refractivity contribution in [2.24, 2.45) is 0 Å². The maximum absolute atomic E-state index is 12.5. The minimum Gasteiger partial charge on any atom is -0.423 e. The van der Waals surface area contributed by atoms with Crippen LogP contribution >= 0.6 is 34.5 Å². The van der Waals surface area contributed by atoms with Crippen molar-refractivity contribution in [1.82, 2.24) is 5.32 Å². The lowest BCUT2D eigenvalue weighted by molar-refractivity contribution is 0.0734. The third-order valence-electron chi connectivity index (χ3n) is 4.74. The largest absolute Gasteiger partial charge is 0.423 e. The summed E-state index contributed by atoms with van der Waals surface area (Å²) in [5.41, 5.74) is 2.78. The first-order valence-electron chi connectivity index (χ1n) is 8.78. The molecule has 29 heavy (non-hydrogen) atoms. The van der Waals surface area contributed by atoms with Crippen molar-refractivity contribution in [2.75, 3.05) is 5.32 Å². The molecule has 148 valence electrons. The molecule has 2 N–H and O–H groups in total. The van der Waals surface area contributed by atoms with E-state index in [9.17, 15) is 9.59 Å². The summed E-state index contributed by atoms with van der Waals surface area (Å²) in [6, 6.07) is 11.5. The second kappa shape index (κ2) is 7.71. The number of thiophene rings is 1. The molecular formula is C21H16Cl2N2O3S. The van der Waals surface area contributed by atoms with Crippen LogP contribution in [0.2, 0.25) is 10.0 Å². The second-order valence-electron chi connectivity index (χ2n) is 6.62. The van der Waals surface area contributed by atoms with Crippen LogP contribution in [-0.4, -0.2) is 11.9 Å². The van der Waals surface area contributed by atoms with E-state index in [0.717, 1.165) is 21.0 Å². The van der Waals surface area contributed by atoms with Crippen molar-refractivity contribution < 1.29 is 14.3 Å². The van der Waals surface area contributed by atoms with Crippen molar-refractivity contribution in [3.63, 3.8) is 0 Å². The van der Waals surface area contributed by atoms with E-state index >= 15 is 0 Å². The maximum Gasteiger partial charge on any atom is 0.345 e. The van der Waals surface area contributed by atoms with Crippen LogP contribution in [0.3, 0.4) is 0 Å². The molecule has 0 fully saturated rings. The smallest absolute Gasteiger partial charge is 0.345 e.